The molecule has 49 heavy (non-hydrogen) atoms. The van der Waals surface area contributed by atoms with Crippen molar-refractivity contribution in [1.29, 1.82) is 0 Å². The third-order valence-corrected chi connectivity index (χ3v) is 12.5. The highest BCUT2D eigenvalue weighted by Gasteiger charge is 2.76. The molecule has 0 spiro atoms. The summed E-state index contributed by atoms with van der Waals surface area (Å²) in [5.41, 5.74) is 3.37. The molecule has 1 saturated carbocycles. The summed E-state index contributed by atoms with van der Waals surface area (Å²) in [6, 6.07) is 19.0. The molecule has 0 aromatic heterocycles. The molecule has 10 nitrogen and oxygen atoms in total. The number of benzene rings is 3. The van der Waals surface area contributed by atoms with Crippen LogP contribution in [0.1, 0.15) is 24.3 Å². The van der Waals surface area contributed by atoms with Gasteiger partial charge < -0.3 is 10.0 Å². The lowest BCUT2D eigenvalue weighted by Gasteiger charge is -2.50. The van der Waals surface area contributed by atoms with Crippen LogP contribution in [0.25, 0.3) is 0 Å². The number of rotatable bonds is 6. The van der Waals surface area contributed by atoms with Gasteiger partial charge in [-0.15, -0.1) is 23.2 Å². The first-order valence-corrected chi connectivity index (χ1v) is 18.1. The van der Waals surface area contributed by atoms with Gasteiger partial charge in [-0.25, -0.2) is 0 Å². The van der Waals surface area contributed by atoms with E-state index in [4.69, 9.17) is 23.2 Å². The Kier molecular flexibility index (Phi) is 8.53. The Labute approximate surface area is 309 Å². The predicted molar refractivity (Wildman–Crippen MR) is 193 cm³/mol. The summed E-state index contributed by atoms with van der Waals surface area (Å²) in [7, 11) is 3.91. The van der Waals surface area contributed by atoms with Crippen LogP contribution >= 0.6 is 55.1 Å². The Hall–Kier alpha value is -3.58. The van der Waals surface area contributed by atoms with E-state index in [-0.39, 0.29) is 35.5 Å². The molecule has 7 rings (SSSR count). The summed E-state index contributed by atoms with van der Waals surface area (Å²) >= 11 is 21.2. The molecule has 6 atom stereocenters. The quantitative estimate of drug-likeness (QED) is 0.0901. The maximum atomic E-state index is 14.3. The average molecular weight is 830 g/mol. The summed E-state index contributed by atoms with van der Waals surface area (Å²) in [5, 5.41) is 19.7. The van der Waals surface area contributed by atoms with Crippen molar-refractivity contribution >= 4 is 101 Å². The van der Waals surface area contributed by atoms with Gasteiger partial charge in [0.2, 0.25) is 11.8 Å². The minimum Gasteiger partial charge on any atom is -0.508 e. The average Bonchev–Trinajstić information content (AvgIpc) is 3.42. The molecular weight excluding hydrogens is 801 g/mol. The number of allylic oxidation sites excluding steroid dienone is 2. The molecule has 3 aromatic carbocycles. The molecule has 0 bridgehead atoms. The number of aromatic hydroxyl groups is 1. The Morgan fingerprint density at radius 1 is 0.898 bits per heavy atom. The lowest BCUT2D eigenvalue weighted by atomic mass is 9.56. The highest BCUT2D eigenvalue weighted by molar-refractivity contribution is 9.10. The number of alkyl halides is 3. The first kappa shape index (κ1) is 33.9. The number of carbonyl (C=O) groups excluding carboxylic acids is 4. The number of azo groups is 1. The molecule has 14 heteroatoms. The molecule has 2 aliphatic heterocycles. The predicted octanol–water partition coefficient (Wildman–Crippen LogP) is 7.55. The third kappa shape index (κ3) is 5.08. The number of phenols is 1. The van der Waals surface area contributed by atoms with Crippen LogP contribution in [0.3, 0.4) is 0 Å². The van der Waals surface area contributed by atoms with Crippen LogP contribution in [0, 0.1) is 17.8 Å². The fraction of sp³-hybridized carbons (Fsp3) is 0.314. The van der Waals surface area contributed by atoms with Gasteiger partial charge in [0.05, 0.1) is 34.4 Å². The maximum Gasteiger partial charge on any atom is 0.254 e. The molecular formula is C35H29Br2Cl2N5O5. The Morgan fingerprint density at radius 3 is 2.14 bits per heavy atom. The van der Waals surface area contributed by atoms with Gasteiger partial charge in [-0.2, -0.15) is 10.2 Å². The lowest BCUT2D eigenvalue weighted by Crippen LogP contribution is -2.60. The number of amides is 4. The molecule has 6 unspecified atom stereocenters. The van der Waals surface area contributed by atoms with Gasteiger partial charge in [0.25, 0.3) is 11.8 Å². The summed E-state index contributed by atoms with van der Waals surface area (Å²) in [6.45, 7) is 0. The highest BCUT2D eigenvalue weighted by Crippen LogP contribution is 2.66. The molecule has 0 radical (unpaired) electrons. The van der Waals surface area contributed by atoms with Gasteiger partial charge in [-0.1, -0.05) is 43.5 Å². The molecule has 2 heterocycles. The van der Waals surface area contributed by atoms with E-state index in [1.807, 2.05) is 49.3 Å². The van der Waals surface area contributed by atoms with Crippen LogP contribution in [0.15, 0.2) is 93.1 Å². The molecule has 4 amide bonds. The highest BCUT2D eigenvalue weighted by atomic mass is 79.9. The molecule has 3 aromatic rings. The molecule has 2 aliphatic carbocycles. The van der Waals surface area contributed by atoms with Crippen molar-refractivity contribution in [3.63, 3.8) is 0 Å². The Balaban J connectivity index is 1.23. The van der Waals surface area contributed by atoms with Crippen molar-refractivity contribution in [2.75, 3.05) is 29.3 Å². The lowest BCUT2D eigenvalue weighted by molar-refractivity contribution is -0.138. The van der Waals surface area contributed by atoms with Crippen molar-refractivity contribution < 1.29 is 24.3 Å². The zero-order chi connectivity index (χ0) is 35.0. The maximum absolute atomic E-state index is 14.3. The van der Waals surface area contributed by atoms with Crippen molar-refractivity contribution in [2.24, 2.45) is 28.0 Å². The number of hydrogen-bond donors (Lipinski definition) is 1. The minimum absolute atomic E-state index is 0.135. The second-order valence-corrected chi connectivity index (χ2v) is 15.5. The fourth-order valence-corrected chi connectivity index (χ4v) is 9.51. The van der Waals surface area contributed by atoms with E-state index in [0.717, 1.165) is 10.6 Å². The Morgan fingerprint density at radius 2 is 1.53 bits per heavy atom. The minimum atomic E-state index is -2.00. The fourth-order valence-electron chi connectivity index (χ4n) is 7.71. The summed E-state index contributed by atoms with van der Waals surface area (Å²) < 4.78 is 0.606. The zero-order valence-electron chi connectivity index (χ0n) is 26.2. The van der Waals surface area contributed by atoms with E-state index in [9.17, 15) is 24.3 Å². The van der Waals surface area contributed by atoms with Gasteiger partial charge in [0.1, 0.15) is 5.75 Å². The topological polar surface area (TPSA) is 123 Å². The number of hydrogen-bond acceptors (Lipinski definition) is 8. The van der Waals surface area contributed by atoms with Crippen molar-refractivity contribution in [2.45, 2.75) is 28.5 Å². The number of imide groups is 2. The second-order valence-electron chi connectivity index (χ2n) is 12.8. The number of nitrogens with zero attached hydrogens (tertiary/aromatic N) is 5. The number of halogens is 4. The standard InChI is InChI=1S/C35H29Br2Cl2N5O5/c1-42(2)21-8-4-19(5-9-21)40-41-20-6-10-22(11-7-20)44-30(46)24-13-12-23-26(28(24)31(44)47)16-34(38)32(48)43(17-36)33(49)35(34,39)29(23)25-15-18(37)3-14-27(25)45/h3-12,14-15,24,26,28-29,45H,13,16-17H2,1-2H3. The summed E-state index contributed by atoms with van der Waals surface area (Å²) in [6.07, 6.45) is 1.88. The van der Waals surface area contributed by atoms with E-state index in [1.165, 1.54) is 11.0 Å². The first-order chi connectivity index (χ1) is 23.3. The van der Waals surface area contributed by atoms with Crippen LogP contribution in [-0.2, 0) is 19.2 Å². The van der Waals surface area contributed by atoms with E-state index in [1.54, 1.807) is 36.4 Å². The first-order valence-electron chi connectivity index (χ1n) is 15.5. The normalized spacial score (nSPS) is 29.3. The van der Waals surface area contributed by atoms with E-state index in [2.05, 4.69) is 42.1 Å². The van der Waals surface area contributed by atoms with Crippen molar-refractivity contribution in [3.05, 3.63) is 88.4 Å². The molecule has 1 N–H and O–H groups in total. The van der Waals surface area contributed by atoms with Gasteiger partial charge >= 0.3 is 0 Å². The molecule has 3 fully saturated rings. The molecule has 252 valence electrons. The number of fused-ring (bicyclic) bond motifs is 4. The van der Waals surface area contributed by atoms with Crippen molar-refractivity contribution in [1.82, 2.24) is 4.90 Å². The monoisotopic (exact) mass is 827 g/mol. The summed E-state index contributed by atoms with van der Waals surface area (Å²) in [4.78, 5) is 56.2. The number of phenolic OH excluding ortho intramolecular Hbond substituents is 1. The van der Waals surface area contributed by atoms with Crippen LogP contribution in [0.4, 0.5) is 22.7 Å². The Bertz CT molecular complexity index is 1970. The zero-order valence-corrected chi connectivity index (χ0v) is 30.9. The third-order valence-electron chi connectivity index (χ3n) is 10.1. The SMILES string of the molecule is CN(C)c1ccc(N=Nc2ccc(N3C(=O)C4CC=C5C(CC6(Cl)C(=O)N(CBr)C(=O)C6(Cl)C5c5cc(Br)ccc5O)C4C3=O)cc2)cc1. The largest absolute Gasteiger partial charge is 0.508 e. The number of likely N-dealkylation sites (tertiary alicyclic amines) is 1. The van der Waals surface area contributed by atoms with Crippen LogP contribution < -0.4 is 9.80 Å². The van der Waals surface area contributed by atoms with Crippen molar-refractivity contribution in [3.8, 4) is 5.75 Å². The second kappa shape index (κ2) is 12.3. The van der Waals surface area contributed by atoms with Crippen LogP contribution in [-0.4, -0.2) is 62.9 Å². The van der Waals surface area contributed by atoms with E-state index in [0.29, 0.717) is 27.1 Å². The molecule has 4 aliphatic rings. The van der Waals surface area contributed by atoms with Gasteiger partial charge in [0.15, 0.2) is 9.75 Å². The van der Waals surface area contributed by atoms with Crippen LogP contribution in [0.2, 0.25) is 0 Å². The van der Waals surface area contributed by atoms with Gasteiger partial charge in [-0.3, -0.25) is 29.0 Å². The number of carbonyl (C=O) groups is 4. The van der Waals surface area contributed by atoms with Gasteiger partial charge in [-0.05, 0) is 85.5 Å². The summed E-state index contributed by atoms with van der Waals surface area (Å²) in [5.74, 6) is -5.71. The van der Waals surface area contributed by atoms with Crippen LogP contribution in [0.5, 0.6) is 5.75 Å². The van der Waals surface area contributed by atoms with E-state index < -0.39 is 51.1 Å². The van der Waals surface area contributed by atoms with E-state index >= 15 is 0 Å². The smallest absolute Gasteiger partial charge is 0.254 e. The number of anilines is 2. The molecule has 2 saturated heterocycles. The van der Waals surface area contributed by atoms with Gasteiger partial charge in [0, 0.05) is 35.7 Å².